The van der Waals surface area contributed by atoms with Crippen molar-refractivity contribution in [3.8, 4) is 0 Å². The molecule has 0 radical (unpaired) electrons. The molecule has 2 atom stereocenters. The minimum absolute atomic E-state index is 0.146. The topological polar surface area (TPSA) is 69.7 Å². The minimum Gasteiger partial charge on any atom is -0.465 e. The van der Waals surface area contributed by atoms with Crippen LogP contribution in [0.15, 0.2) is 30.3 Å². The molecule has 0 N–H and O–H groups in total. The Morgan fingerprint density at radius 1 is 1.05 bits per heavy atom. The van der Waals surface area contributed by atoms with E-state index in [1.54, 1.807) is 44.2 Å². The lowest BCUT2D eigenvalue weighted by atomic mass is 9.87. The SMILES string of the molecule is CCOC(=O)C(C=O)C(C(=O)OCC)c1ccccc1. The summed E-state index contributed by atoms with van der Waals surface area (Å²) in [4.78, 5) is 35.1. The molecule has 0 saturated carbocycles. The standard InChI is InChI=1S/C15H18O5/c1-3-19-14(17)12(10-16)13(15(18)20-4-2)11-8-6-5-7-9-11/h5-10,12-13H,3-4H2,1-2H3. The van der Waals surface area contributed by atoms with Crippen molar-refractivity contribution in [3.63, 3.8) is 0 Å². The number of hydrogen-bond acceptors (Lipinski definition) is 5. The summed E-state index contributed by atoms with van der Waals surface area (Å²) < 4.78 is 9.81. The molecule has 1 aromatic rings. The molecule has 108 valence electrons. The molecule has 0 aliphatic rings. The molecular weight excluding hydrogens is 260 g/mol. The summed E-state index contributed by atoms with van der Waals surface area (Å²) in [5, 5.41) is 0. The van der Waals surface area contributed by atoms with Crippen molar-refractivity contribution in [3.05, 3.63) is 35.9 Å². The summed E-state index contributed by atoms with van der Waals surface area (Å²) >= 11 is 0. The highest BCUT2D eigenvalue weighted by molar-refractivity contribution is 5.96. The number of ether oxygens (including phenoxy) is 2. The zero-order valence-electron chi connectivity index (χ0n) is 11.6. The van der Waals surface area contributed by atoms with Gasteiger partial charge >= 0.3 is 11.9 Å². The van der Waals surface area contributed by atoms with Crippen LogP contribution in [0.2, 0.25) is 0 Å². The predicted molar refractivity (Wildman–Crippen MR) is 72.0 cm³/mol. The van der Waals surface area contributed by atoms with Gasteiger partial charge in [0.15, 0.2) is 0 Å². The number of benzene rings is 1. The average molecular weight is 278 g/mol. The van der Waals surface area contributed by atoms with Crippen LogP contribution in [0, 0.1) is 5.92 Å². The van der Waals surface area contributed by atoms with Crippen LogP contribution in [0.1, 0.15) is 25.3 Å². The summed E-state index contributed by atoms with van der Waals surface area (Å²) in [6, 6.07) is 8.60. The van der Waals surface area contributed by atoms with E-state index in [4.69, 9.17) is 9.47 Å². The van der Waals surface area contributed by atoms with E-state index in [0.717, 1.165) is 0 Å². The molecule has 0 fully saturated rings. The van der Waals surface area contributed by atoms with Crippen molar-refractivity contribution in [2.75, 3.05) is 13.2 Å². The third kappa shape index (κ3) is 3.91. The molecule has 0 aromatic heterocycles. The third-order valence-corrected chi connectivity index (χ3v) is 2.76. The van der Waals surface area contributed by atoms with Crippen LogP contribution in [0.25, 0.3) is 0 Å². The van der Waals surface area contributed by atoms with Crippen LogP contribution in [0.4, 0.5) is 0 Å². The van der Waals surface area contributed by atoms with Crippen LogP contribution in [-0.2, 0) is 23.9 Å². The minimum atomic E-state index is -1.20. The Hall–Kier alpha value is -2.17. The van der Waals surface area contributed by atoms with E-state index in [0.29, 0.717) is 11.8 Å². The second kappa shape index (κ2) is 8.09. The van der Waals surface area contributed by atoms with Gasteiger partial charge in [-0.2, -0.15) is 0 Å². The highest BCUT2D eigenvalue weighted by Crippen LogP contribution is 2.26. The average Bonchev–Trinajstić information content (AvgIpc) is 2.45. The number of rotatable bonds is 7. The largest absolute Gasteiger partial charge is 0.465 e. The molecular formula is C15H18O5. The molecule has 0 heterocycles. The molecule has 2 unspecified atom stereocenters. The quantitative estimate of drug-likeness (QED) is 0.431. The molecule has 0 saturated heterocycles. The van der Waals surface area contributed by atoms with Gasteiger partial charge in [-0.25, -0.2) is 0 Å². The van der Waals surface area contributed by atoms with E-state index in [1.807, 2.05) is 0 Å². The van der Waals surface area contributed by atoms with Gasteiger partial charge in [0, 0.05) is 0 Å². The molecule has 1 aromatic carbocycles. The number of esters is 2. The number of aldehydes is 1. The summed E-state index contributed by atoms with van der Waals surface area (Å²) in [5.41, 5.74) is 0.552. The lowest BCUT2D eigenvalue weighted by molar-refractivity contribution is -0.157. The Balaban J connectivity index is 3.12. The molecule has 0 aliphatic carbocycles. The zero-order chi connectivity index (χ0) is 15.0. The van der Waals surface area contributed by atoms with Crippen molar-refractivity contribution >= 4 is 18.2 Å². The van der Waals surface area contributed by atoms with Gasteiger partial charge in [0.1, 0.15) is 18.1 Å². The van der Waals surface area contributed by atoms with Crippen molar-refractivity contribution in [1.82, 2.24) is 0 Å². The number of carbonyl (C=O) groups excluding carboxylic acids is 3. The van der Waals surface area contributed by atoms with Gasteiger partial charge < -0.3 is 14.3 Å². The zero-order valence-corrected chi connectivity index (χ0v) is 11.6. The Kier molecular flexibility index (Phi) is 6.43. The maximum atomic E-state index is 12.1. The van der Waals surface area contributed by atoms with E-state index >= 15 is 0 Å². The molecule has 1 rings (SSSR count). The van der Waals surface area contributed by atoms with Crippen LogP contribution >= 0.6 is 0 Å². The lowest BCUT2D eigenvalue weighted by Gasteiger charge is -2.20. The van der Waals surface area contributed by atoms with Gasteiger partial charge in [-0.3, -0.25) is 9.59 Å². The third-order valence-electron chi connectivity index (χ3n) is 2.76. The first kappa shape index (κ1) is 15.9. The van der Waals surface area contributed by atoms with Crippen LogP contribution in [0.5, 0.6) is 0 Å². The van der Waals surface area contributed by atoms with Crippen molar-refractivity contribution in [2.45, 2.75) is 19.8 Å². The summed E-state index contributed by atoms with van der Waals surface area (Å²) in [6.07, 6.45) is 0.437. The Bertz CT molecular complexity index is 455. The monoisotopic (exact) mass is 278 g/mol. The second-order valence-corrected chi connectivity index (χ2v) is 4.05. The van der Waals surface area contributed by atoms with Crippen LogP contribution in [-0.4, -0.2) is 31.4 Å². The van der Waals surface area contributed by atoms with E-state index in [-0.39, 0.29) is 13.2 Å². The second-order valence-electron chi connectivity index (χ2n) is 4.05. The normalized spacial score (nSPS) is 13.1. The van der Waals surface area contributed by atoms with E-state index in [1.165, 1.54) is 0 Å². The van der Waals surface area contributed by atoms with E-state index in [2.05, 4.69) is 0 Å². The summed E-state index contributed by atoms with van der Waals surface area (Å²) in [6.45, 7) is 3.63. The smallest absolute Gasteiger partial charge is 0.317 e. The van der Waals surface area contributed by atoms with Gasteiger partial charge in [0.2, 0.25) is 0 Å². The van der Waals surface area contributed by atoms with E-state index < -0.39 is 23.8 Å². The molecule has 0 amide bonds. The predicted octanol–water partition coefficient (Wildman–Crippen LogP) is 1.71. The van der Waals surface area contributed by atoms with Gasteiger partial charge in [-0.05, 0) is 19.4 Å². The van der Waals surface area contributed by atoms with Gasteiger partial charge in [-0.1, -0.05) is 30.3 Å². The molecule has 20 heavy (non-hydrogen) atoms. The maximum Gasteiger partial charge on any atom is 0.317 e. The van der Waals surface area contributed by atoms with Gasteiger partial charge in [0.25, 0.3) is 0 Å². The van der Waals surface area contributed by atoms with Crippen molar-refractivity contribution in [2.24, 2.45) is 5.92 Å². The molecule has 0 spiro atoms. The lowest BCUT2D eigenvalue weighted by Crippen LogP contribution is -2.32. The first-order valence-corrected chi connectivity index (χ1v) is 6.49. The first-order chi connectivity index (χ1) is 9.65. The molecule has 0 aliphatic heterocycles. The van der Waals surface area contributed by atoms with Crippen LogP contribution < -0.4 is 0 Å². The van der Waals surface area contributed by atoms with Gasteiger partial charge in [0.05, 0.1) is 13.2 Å². The fraction of sp³-hybridized carbons (Fsp3) is 0.400. The van der Waals surface area contributed by atoms with Gasteiger partial charge in [-0.15, -0.1) is 0 Å². The van der Waals surface area contributed by atoms with Crippen LogP contribution in [0.3, 0.4) is 0 Å². The Labute approximate surface area is 117 Å². The number of carbonyl (C=O) groups is 3. The van der Waals surface area contributed by atoms with Crippen molar-refractivity contribution < 1.29 is 23.9 Å². The fourth-order valence-corrected chi connectivity index (χ4v) is 1.89. The highest BCUT2D eigenvalue weighted by Gasteiger charge is 2.37. The molecule has 0 bridgehead atoms. The summed E-state index contributed by atoms with van der Waals surface area (Å²) in [7, 11) is 0. The first-order valence-electron chi connectivity index (χ1n) is 6.49. The highest BCUT2D eigenvalue weighted by atomic mass is 16.5. The maximum absolute atomic E-state index is 12.1. The summed E-state index contributed by atoms with van der Waals surface area (Å²) in [5.74, 6) is -3.50. The Morgan fingerprint density at radius 3 is 2.10 bits per heavy atom. The molecule has 5 nitrogen and oxygen atoms in total. The fourth-order valence-electron chi connectivity index (χ4n) is 1.89. The van der Waals surface area contributed by atoms with Crippen molar-refractivity contribution in [1.29, 1.82) is 0 Å². The molecule has 5 heteroatoms. The number of hydrogen-bond donors (Lipinski definition) is 0. The Morgan fingerprint density at radius 2 is 1.60 bits per heavy atom. The van der Waals surface area contributed by atoms with E-state index in [9.17, 15) is 14.4 Å².